The molecular weight excluding hydrogens is 370 g/mol. The van der Waals surface area contributed by atoms with Gasteiger partial charge in [-0.05, 0) is 35.2 Å². The van der Waals surface area contributed by atoms with Gasteiger partial charge in [-0.2, -0.15) is 5.10 Å². The Hall–Kier alpha value is -3.61. The van der Waals surface area contributed by atoms with Crippen LogP contribution in [0.5, 0.6) is 0 Å². The van der Waals surface area contributed by atoms with Gasteiger partial charge in [0.1, 0.15) is 6.61 Å². The van der Waals surface area contributed by atoms with E-state index in [9.17, 15) is 14.7 Å². The summed E-state index contributed by atoms with van der Waals surface area (Å²) in [5, 5.41) is 16.1. The van der Waals surface area contributed by atoms with Gasteiger partial charge in [0.15, 0.2) is 6.04 Å². The summed E-state index contributed by atoms with van der Waals surface area (Å²) in [6.45, 7) is 2.47. The van der Waals surface area contributed by atoms with Crippen LogP contribution in [0.4, 0.5) is 4.79 Å². The number of aromatic nitrogens is 2. The summed E-state index contributed by atoms with van der Waals surface area (Å²) in [4.78, 5) is 24.1. The van der Waals surface area contributed by atoms with Crippen LogP contribution in [0.1, 0.15) is 35.7 Å². The molecule has 1 amide bonds. The van der Waals surface area contributed by atoms with Gasteiger partial charge in [0.2, 0.25) is 0 Å². The fourth-order valence-electron chi connectivity index (χ4n) is 3.87. The maximum Gasteiger partial charge on any atom is 0.408 e. The standard InChI is InChI=1S/C22H21N3O4/c1-2-25-19(11-12-23-25)20(21(26)27)24-22(28)29-13-18-16-9-5-3-7-14(16)15-8-4-6-10-17(15)18/h3-12,18,20H,2,13H2,1H3,(H,24,28)(H,26,27). The van der Waals surface area contributed by atoms with Crippen molar-refractivity contribution in [2.75, 3.05) is 6.61 Å². The van der Waals surface area contributed by atoms with E-state index in [4.69, 9.17) is 4.74 Å². The fraction of sp³-hybridized carbons (Fsp3) is 0.227. The van der Waals surface area contributed by atoms with E-state index in [1.807, 2.05) is 43.3 Å². The summed E-state index contributed by atoms with van der Waals surface area (Å²) in [6.07, 6.45) is 0.733. The lowest BCUT2D eigenvalue weighted by atomic mass is 9.98. The fourth-order valence-corrected chi connectivity index (χ4v) is 3.87. The zero-order chi connectivity index (χ0) is 20.4. The number of carbonyl (C=O) groups is 2. The Kier molecular flexibility index (Phi) is 5.03. The molecule has 1 aliphatic carbocycles. The Labute approximate surface area is 167 Å². The zero-order valence-corrected chi connectivity index (χ0v) is 15.9. The lowest BCUT2D eigenvalue weighted by Gasteiger charge is -2.18. The van der Waals surface area contributed by atoms with Crippen molar-refractivity contribution in [1.29, 1.82) is 0 Å². The number of hydrogen-bond donors (Lipinski definition) is 2. The van der Waals surface area contributed by atoms with Crippen LogP contribution in [-0.4, -0.2) is 33.6 Å². The summed E-state index contributed by atoms with van der Waals surface area (Å²) in [7, 11) is 0. The monoisotopic (exact) mass is 391 g/mol. The van der Waals surface area contributed by atoms with Crippen molar-refractivity contribution < 1.29 is 19.4 Å². The zero-order valence-electron chi connectivity index (χ0n) is 15.9. The molecule has 1 unspecified atom stereocenters. The van der Waals surface area contributed by atoms with Gasteiger partial charge in [0, 0.05) is 18.7 Å². The average molecular weight is 391 g/mol. The van der Waals surface area contributed by atoms with Crippen molar-refractivity contribution in [1.82, 2.24) is 15.1 Å². The minimum absolute atomic E-state index is 0.0856. The molecule has 0 radical (unpaired) electrons. The highest BCUT2D eigenvalue weighted by molar-refractivity contribution is 5.81. The Balaban J connectivity index is 1.49. The van der Waals surface area contributed by atoms with E-state index in [-0.39, 0.29) is 12.5 Å². The van der Waals surface area contributed by atoms with E-state index in [1.165, 1.54) is 10.9 Å². The highest BCUT2D eigenvalue weighted by Gasteiger charge is 2.30. The van der Waals surface area contributed by atoms with Crippen molar-refractivity contribution in [3.63, 3.8) is 0 Å². The number of ether oxygens (including phenoxy) is 1. The molecule has 1 atom stereocenters. The largest absolute Gasteiger partial charge is 0.479 e. The number of hydrogen-bond acceptors (Lipinski definition) is 4. The third-order valence-corrected chi connectivity index (χ3v) is 5.20. The molecule has 0 saturated heterocycles. The molecule has 7 nitrogen and oxygen atoms in total. The number of fused-ring (bicyclic) bond motifs is 3. The molecule has 0 saturated carbocycles. The van der Waals surface area contributed by atoms with Gasteiger partial charge in [-0.15, -0.1) is 0 Å². The van der Waals surface area contributed by atoms with Crippen molar-refractivity contribution in [3.8, 4) is 11.1 Å². The molecule has 2 N–H and O–H groups in total. The lowest BCUT2D eigenvalue weighted by molar-refractivity contribution is -0.139. The first-order valence-electron chi connectivity index (χ1n) is 9.46. The van der Waals surface area contributed by atoms with E-state index >= 15 is 0 Å². The molecule has 1 aromatic heterocycles. The number of aliphatic carboxylic acids is 1. The summed E-state index contributed by atoms with van der Waals surface area (Å²) in [6, 6.07) is 16.4. The van der Waals surface area contributed by atoms with Crippen LogP contribution < -0.4 is 5.32 Å². The lowest BCUT2D eigenvalue weighted by Crippen LogP contribution is -2.36. The molecule has 0 spiro atoms. The normalized spacial score (nSPS) is 13.4. The van der Waals surface area contributed by atoms with Crippen LogP contribution in [0.2, 0.25) is 0 Å². The van der Waals surface area contributed by atoms with E-state index in [2.05, 4.69) is 22.5 Å². The molecule has 148 valence electrons. The van der Waals surface area contributed by atoms with Crippen LogP contribution in [0, 0.1) is 0 Å². The second kappa shape index (κ2) is 7.79. The average Bonchev–Trinajstić information content (AvgIpc) is 3.33. The minimum Gasteiger partial charge on any atom is -0.479 e. The molecule has 2 aromatic carbocycles. The summed E-state index contributed by atoms with van der Waals surface area (Å²) >= 11 is 0. The highest BCUT2D eigenvalue weighted by atomic mass is 16.5. The van der Waals surface area contributed by atoms with Gasteiger partial charge < -0.3 is 15.2 Å². The van der Waals surface area contributed by atoms with E-state index in [0.29, 0.717) is 12.2 Å². The van der Waals surface area contributed by atoms with E-state index < -0.39 is 18.1 Å². The summed E-state index contributed by atoms with van der Waals surface area (Å²) in [5.74, 6) is -1.26. The molecule has 0 aliphatic heterocycles. The number of nitrogens with one attached hydrogen (secondary N) is 1. The maximum atomic E-state index is 12.4. The van der Waals surface area contributed by atoms with Gasteiger partial charge in [-0.25, -0.2) is 9.59 Å². The van der Waals surface area contributed by atoms with Gasteiger partial charge in [0.25, 0.3) is 0 Å². The van der Waals surface area contributed by atoms with Gasteiger partial charge >= 0.3 is 12.1 Å². The number of carboxylic acid groups (broad SMARTS) is 1. The molecule has 7 heteroatoms. The smallest absolute Gasteiger partial charge is 0.408 e. The quantitative estimate of drug-likeness (QED) is 0.670. The number of carboxylic acids is 1. The van der Waals surface area contributed by atoms with Crippen molar-refractivity contribution >= 4 is 12.1 Å². The first-order chi connectivity index (χ1) is 14.1. The first-order valence-corrected chi connectivity index (χ1v) is 9.46. The van der Waals surface area contributed by atoms with Gasteiger partial charge in [-0.1, -0.05) is 48.5 Å². The van der Waals surface area contributed by atoms with Gasteiger partial charge in [-0.3, -0.25) is 4.68 Å². The molecular formula is C22H21N3O4. The Morgan fingerprint density at radius 1 is 1.10 bits per heavy atom. The predicted molar refractivity (Wildman–Crippen MR) is 106 cm³/mol. The molecule has 4 rings (SSSR count). The molecule has 29 heavy (non-hydrogen) atoms. The van der Waals surface area contributed by atoms with Crippen LogP contribution in [0.25, 0.3) is 11.1 Å². The van der Waals surface area contributed by atoms with Crippen molar-refractivity contribution in [2.45, 2.75) is 25.4 Å². The number of nitrogens with zero attached hydrogens (tertiary/aromatic N) is 2. The Bertz CT molecular complexity index is 1010. The van der Waals surface area contributed by atoms with Crippen LogP contribution in [-0.2, 0) is 16.1 Å². The Morgan fingerprint density at radius 3 is 2.31 bits per heavy atom. The SMILES string of the molecule is CCn1nccc1C(NC(=O)OCC1c2ccccc2-c2ccccc21)C(=O)O. The van der Waals surface area contributed by atoms with Crippen LogP contribution in [0.15, 0.2) is 60.8 Å². The molecule has 0 bridgehead atoms. The topological polar surface area (TPSA) is 93.5 Å². The van der Waals surface area contributed by atoms with Crippen molar-refractivity contribution in [3.05, 3.63) is 77.6 Å². The molecule has 1 heterocycles. The number of aryl methyl sites for hydroxylation is 1. The third-order valence-electron chi connectivity index (χ3n) is 5.20. The highest BCUT2D eigenvalue weighted by Crippen LogP contribution is 2.44. The molecule has 1 aliphatic rings. The van der Waals surface area contributed by atoms with Crippen LogP contribution in [0.3, 0.4) is 0 Å². The van der Waals surface area contributed by atoms with E-state index in [1.54, 1.807) is 6.07 Å². The number of benzene rings is 2. The Morgan fingerprint density at radius 2 is 1.72 bits per heavy atom. The molecule has 0 fully saturated rings. The first kappa shape index (κ1) is 18.7. The second-order valence-electron chi connectivity index (χ2n) is 6.81. The predicted octanol–water partition coefficient (Wildman–Crippen LogP) is 3.57. The van der Waals surface area contributed by atoms with Crippen LogP contribution >= 0.6 is 0 Å². The number of carbonyl (C=O) groups excluding carboxylic acids is 1. The maximum absolute atomic E-state index is 12.4. The minimum atomic E-state index is -1.23. The summed E-state index contributed by atoms with van der Waals surface area (Å²) in [5.41, 5.74) is 4.86. The molecule has 3 aromatic rings. The van der Waals surface area contributed by atoms with Gasteiger partial charge in [0.05, 0.1) is 5.69 Å². The summed E-state index contributed by atoms with van der Waals surface area (Å²) < 4.78 is 6.98. The third kappa shape index (κ3) is 3.47. The number of rotatable bonds is 6. The van der Waals surface area contributed by atoms with Crippen molar-refractivity contribution in [2.24, 2.45) is 0 Å². The number of amides is 1. The van der Waals surface area contributed by atoms with E-state index in [0.717, 1.165) is 22.3 Å². The number of alkyl carbamates (subject to hydrolysis) is 1. The second-order valence-corrected chi connectivity index (χ2v) is 6.81.